The standard InChI is InChI=1S/C11H22N2O3/c1-4-6-12-7-10(14)13(8-11(15)16)9(3)5-2/h9,12H,4-8H2,1-3H3,(H,15,16). The first-order chi connectivity index (χ1) is 7.52. The molecule has 0 aromatic carbocycles. The van der Waals surface area contributed by atoms with Crippen LogP contribution >= 0.6 is 0 Å². The molecule has 0 aromatic rings. The molecule has 0 rings (SSSR count). The summed E-state index contributed by atoms with van der Waals surface area (Å²) in [6.07, 6.45) is 1.71. The second kappa shape index (κ2) is 8.10. The first kappa shape index (κ1) is 14.9. The van der Waals surface area contributed by atoms with Crippen molar-refractivity contribution in [2.24, 2.45) is 0 Å². The lowest BCUT2D eigenvalue weighted by Gasteiger charge is -2.27. The summed E-state index contributed by atoms with van der Waals surface area (Å²) >= 11 is 0. The number of hydrogen-bond donors (Lipinski definition) is 2. The molecule has 0 aliphatic rings. The molecule has 94 valence electrons. The number of carboxylic acid groups (broad SMARTS) is 1. The van der Waals surface area contributed by atoms with Crippen molar-refractivity contribution in [2.45, 2.75) is 39.7 Å². The molecule has 0 spiro atoms. The van der Waals surface area contributed by atoms with Gasteiger partial charge in [0.25, 0.3) is 0 Å². The molecule has 0 saturated heterocycles. The van der Waals surface area contributed by atoms with Crippen LogP contribution in [-0.2, 0) is 9.59 Å². The molecular weight excluding hydrogens is 208 g/mol. The lowest BCUT2D eigenvalue weighted by Crippen LogP contribution is -2.45. The number of carbonyl (C=O) groups excluding carboxylic acids is 1. The van der Waals surface area contributed by atoms with Gasteiger partial charge in [0, 0.05) is 6.04 Å². The first-order valence-electron chi connectivity index (χ1n) is 5.74. The maximum absolute atomic E-state index is 11.8. The van der Waals surface area contributed by atoms with Gasteiger partial charge in [0.2, 0.25) is 5.91 Å². The van der Waals surface area contributed by atoms with E-state index in [4.69, 9.17) is 5.11 Å². The van der Waals surface area contributed by atoms with Gasteiger partial charge in [-0.1, -0.05) is 13.8 Å². The second-order valence-corrected chi connectivity index (χ2v) is 3.85. The fourth-order valence-corrected chi connectivity index (χ4v) is 1.33. The number of carboxylic acids is 1. The molecule has 0 aliphatic heterocycles. The molecule has 16 heavy (non-hydrogen) atoms. The van der Waals surface area contributed by atoms with Crippen molar-refractivity contribution >= 4 is 11.9 Å². The molecule has 0 saturated carbocycles. The van der Waals surface area contributed by atoms with Crippen LogP contribution in [0.4, 0.5) is 0 Å². The van der Waals surface area contributed by atoms with E-state index in [0.29, 0.717) is 0 Å². The topological polar surface area (TPSA) is 69.6 Å². The Labute approximate surface area is 96.8 Å². The van der Waals surface area contributed by atoms with Crippen molar-refractivity contribution in [2.75, 3.05) is 19.6 Å². The fraction of sp³-hybridized carbons (Fsp3) is 0.818. The molecule has 1 amide bonds. The van der Waals surface area contributed by atoms with E-state index in [2.05, 4.69) is 5.32 Å². The lowest BCUT2D eigenvalue weighted by molar-refractivity contribution is -0.145. The van der Waals surface area contributed by atoms with E-state index < -0.39 is 5.97 Å². The Morgan fingerprint density at radius 2 is 2.00 bits per heavy atom. The van der Waals surface area contributed by atoms with Crippen molar-refractivity contribution < 1.29 is 14.7 Å². The minimum absolute atomic E-state index is 0.0352. The van der Waals surface area contributed by atoms with Crippen LogP contribution in [0.2, 0.25) is 0 Å². The monoisotopic (exact) mass is 230 g/mol. The zero-order chi connectivity index (χ0) is 12.6. The van der Waals surface area contributed by atoms with Gasteiger partial charge in [-0.2, -0.15) is 0 Å². The normalized spacial score (nSPS) is 12.2. The van der Waals surface area contributed by atoms with Crippen LogP contribution in [0.1, 0.15) is 33.6 Å². The molecule has 0 fully saturated rings. The minimum Gasteiger partial charge on any atom is -0.480 e. The van der Waals surface area contributed by atoms with E-state index in [0.717, 1.165) is 19.4 Å². The molecule has 0 bridgehead atoms. The highest BCUT2D eigenvalue weighted by molar-refractivity contribution is 5.83. The third-order valence-corrected chi connectivity index (χ3v) is 2.45. The summed E-state index contributed by atoms with van der Waals surface area (Å²) in [6.45, 7) is 6.58. The number of aliphatic carboxylic acids is 1. The highest BCUT2D eigenvalue weighted by Crippen LogP contribution is 2.03. The molecular formula is C11H22N2O3. The van der Waals surface area contributed by atoms with Crippen molar-refractivity contribution in [3.05, 3.63) is 0 Å². The summed E-state index contributed by atoms with van der Waals surface area (Å²) < 4.78 is 0. The average molecular weight is 230 g/mol. The SMILES string of the molecule is CCCNCC(=O)N(CC(=O)O)C(C)CC. The first-order valence-corrected chi connectivity index (χ1v) is 5.74. The number of nitrogens with one attached hydrogen (secondary N) is 1. The predicted molar refractivity (Wildman–Crippen MR) is 62.3 cm³/mol. The predicted octanol–water partition coefficient (Wildman–Crippen LogP) is 0.698. The van der Waals surface area contributed by atoms with E-state index in [1.165, 1.54) is 4.90 Å². The highest BCUT2D eigenvalue weighted by Gasteiger charge is 2.20. The van der Waals surface area contributed by atoms with E-state index in [-0.39, 0.29) is 25.0 Å². The Hall–Kier alpha value is -1.10. The van der Waals surface area contributed by atoms with E-state index in [1.54, 1.807) is 0 Å². The molecule has 2 N–H and O–H groups in total. The van der Waals surface area contributed by atoms with Gasteiger partial charge in [-0.3, -0.25) is 9.59 Å². The van der Waals surface area contributed by atoms with Crippen LogP contribution in [0.25, 0.3) is 0 Å². The van der Waals surface area contributed by atoms with Crippen molar-refractivity contribution in [1.82, 2.24) is 10.2 Å². The number of hydrogen-bond acceptors (Lipinski definition) is 3. The molecule has 1 atom stereocenters. The average Bonchev–Trinajstić information content (AvgIpc) is 2.24. The van der Waals surface area contributed by atoms with Crippen molar-refractivity contribution in [1.29, 1.82) is 0 Å². The quantitative estimate of drug-likeness (QED) is 0.602. The van der Waals surface area contributed by atoms with Gasteiger partial charge in [-0.25, -0.2) is 0 Å². The summed E-state index contributed by atoms with van der Waals surface area (Å²) in [5, 5.41) is 11.7. The van der Waals surface area contributed by atoms with Gasteiger partial charge in [0.15, 0.2) is 0 Å². The number of amides is 1. The fourth-order valence-electron chi connectivity index (χ4n) is 1.33. The Bertz CT molecular complexity index is 231. The third kappa shape index (κ3) is 5.70. The molecule has 0 heterocycles. The smallest absolute Gasteiger partial charge is 0.323 e. The molecule has 0 aromatic heterocycles. The highest BCUT2D eigenvalue weighted by atomic mass is 16.4. The van der Waals surface area contributed by atoms with Crippen LogP contribution < -0.4 is 5.32 Å². The van der Waals surface area contributed by atoms with Gasteiger partial charge >= 0.3 is 5.97 Å². The van der Waals surface area contributed by atoms with E-state index in [9.17, 15) is 9.59 Å². The van der Waals surface area contributed by atoms with Crippen molar-refractivity contribution in [3.63, 3.8) is 0 Å². The molecule has 0 radical (unpaired) electrons. The van der Waals surface area contributed by atoms with Crippen molar-refractivity contribution in [3.8, 4) is 0 Å². The largest absolute Gasteiger partial charge is 0.480 e. The van der Waals surface area contributed by atoms with Gasteiger partial charge in [-0.05, 0) is 26.3 Å². The van der Waals surface area contributed by atoms with E-state index >= 15 is 0 Å². The molecule has 5 heteroatoms. The number of rotatable bonds is 8. The Balaban J connectivity index is 4.26. The summed E-state index contributed by atoms with van der Waals surface area (Å²) in [5.74, 6) is -1.12. The van der Waals surface area contributed by atoms with Crippen LogP contribution in [0.5, 0.6) is 0 Å². The summed E-state index contributed by atoms with van der Waals surface area (Å²) in [5.41, 5.74) is 0. The Kier molecular flexibility index (Phi) is 7.54. The zero-order valence-corrected chi connectivity index (χ0v) is 10.3. The maximum atomic E-state index is 11.8. The van der Waals surface area contributed by atoms with E-state index in [1.807, 2.05) is 20.8 Å². The second-order valence-electron chi connectivity index (χ2n) is 3.85. The Morgan fingerprint density at radius 3 is 2.44 bits per heavy atom. The number of nitrogens with zero attached hydrogens (tertiary/aromatic N) is 1. The maximum Gasteiger partial charge on any atom is 0.323 e. The van der Waals surface area contributed by atoms with Crippen LogP contribution in [0.3, 0.4) is 0 Å². The van der Waals surface area contributed by atoms with Crippen LogP contribution in [0.15, 0.2) is 0 Å². The number of carbonyl (C=O) groups is 2. The molecule has 1 unspecified atom stereocenters. The molecule has 5 nitrogen and oxygen atoms in total. The van der Waals surface area contributed by atoms with Crippen LogP contribution in [-0.4, -0.2) is 47.6 Å². The summed E-state index contributed by atoms with van der Waals surface area (Å²) in [4.78, 5) is 23.8. The third-order valence-electron chi connectivity index (χ3n) is 2.45. The zero-order valence-electron chi connectivity index (χ0n) is 10.3. The Morgan fingerprint density at radius 1 is 1.38 bits per heavy atom. The van der Waals surface area contributed by atoms with Gasteiger partial charge < -0.3 is 15.3 Å². The van der Waals surface area contributed by atoms with Gasteiger partial charge in [0.05, 0.1) is 6.54 Å². The van der Waals surface area contributed by atoms with Crippen LogP contribution in [0, 0.1) is 0 Å². The van der Waals surface area contributed by atoms with Gasteiger partial charge in [0.1, 0.15) is 6.54 Å². The molecule has 0 aliphatic carbocycles. The summed E-state index contributed by atoms with van der Waals surface area (Å²) in [7, 11) is 0. The summed E-state index contributed by atoms with van der Waals surface area (Å²) in [6, 6.07) is -0.0352. The van der Waals surface area contributed by atoms with Gasteiger partial charge in [-0.15, -0.1) is 0 Å². The minimum atomic E-state index is -0.968. The lowest BCUT2D eigenvalue weighted by atomic mass is 10.2.